The minimum absolute atomic E-state index is 0.248. The van der Waals surface area contributed by atoms with E-state index in [2.05, 4.69) is 55.5 Å². The second-order valence-electron chi connectivity index (χ2n) is 10.2. The first-order valence-electron chi connectivity index (χ1n) is 13.4. The fourth-order valence-electron chi connectivity index (χ4n) is 6.19. The van der Waals surface area contributed by atoms with E-state index in [9.17, 15) is 10.0 Å². The van der Waals surface area contributed by atoms with Gasteiger partial charge in [0.15, 0.2) is 6.10 Å². The van der Waals surface area contributed by atoms with Crippen molar-refractivity contribution >= 4 is 12.2 Å². The fraction of sp³-hybridized carbons (Fsp3) is 0.533. The van der Waals surface area contributed by atoms with Crippen molar-refractivity contribution in [1.82, 2.24) is 0 Å². The Morgan fingerprint density at radius 3 is 2.25 bits per heavy atom. The van der Waals surface area contributed by atoms with Crippen LogP contribution in [-0.2, 0) is 24.5 Å². The zero-order chi connectivity index (χ0) is 25.6. The highest BCUT2D eigenvalue weighted by molar-refractivity contribution is 5.68. The molecule has 0 radical (unpaired) electrons. The van der Waals surface area contributed by atoms with E-state index in [0.29, 0.717) is 11.3 Å². The molecule has 4 rings (SSSR count). The summed E-state index contributed by atoms with van der Waals surface area (Å²) in [6.07, 6.45) is 6.72. The van der Waals surface area contributed by atoms with Gasteiger partial charge in [0.2, 0.25) is 12.5 Å². The third-order valence-corrected chi connectivity index (χ3v) is 8.04. The molecule has 6 heteroatoms. The number of ether oxygens (including phenoxy) is 2. The van der Waals surface area contributed by atoms with Crippen LogP contribution in [0.3, 0.4) is 0 Å². The zero-order valence-electron chi connectivity index (χ0n) is 21.7. The lowest BCUT2D eigenvalue weighted by Gasteiger charge is -2.45. The van der Waals surface area contributed by atoms with Crippen LogP contribution in [0.1, 0.15) is 83.3 Å². The molecule has 1 fully saturated rings. The molecule has 1 aliphatic heterocycles. The van der Waals surface area contributed by atoms with Crippen LogP contribution in [0.15, 0.2) is 60.7 Å². The van der Waals surface area contributed by atoms with Gasteiger partial charge in [-0.05, 0) is 43.2 Å². The maximum Gasteiger partial charge on any atom is 0.303 e. The van der Waals surface area contributed by atoms with Gasteiger partial charge in [-0.3, -0.25) is 10.0 Å². The Kier molecular flexibility index (Phi) is 8.35. The Labute approximate surface area is 214 Å². The van der Waals surface area contributed by atoms with E-state index in [4.69, 9.17) is 14.3 Å². The summed E-state index contributed by atoms with van der Waals surface area (Å²) in [5.41, 5.74) is 1.31. The molecule has 0 amide bonds. The van der Waals surface area contributed by atoms with Crippen LogP contribution in [0.4, 0.5) is 0 Å². The van der Waals surface area contributed by atoms with E-state index >= 15 is 0 Å². The molecule has 0 saturated heterocycles. The monoisotopic (exact) mass is 493 g/mol. The number of nitrogens with zero attached hydrogens (tertiary/aromatic N) is 1. The molecule has 1 unspecified atom stereocenters. The van der Waals surface area contributed by atoms with Crippen LogP contribution in [-0.4, -0.2) is 35.6 Å². The SMILES string of the molecule is CCCCCC1(CC)C=[N+]([O-])O[C@H](O[C@@H]2CCCC2(c2ccccc2)c2ccccc2)[C@@H]1OC(C)=O. The van der Waals surface area contributed by atoms with Gasteiger partial charge in [0.25, 0.3) is 0 Å². The lowest BCUT2D eigenvalue weighted by Crippen LogP contribution is -2.56. The van der Waals surface area contributed by atoms with Crippen molar-refractivity contribution in [2.75, 3.05) is 0 Å². The maximum atomic E-state index is 12.8. The molecule has 194 valence electrons. The Balaban J connectivity index is 1.73. The first-order valence-corrected chi connectivity index (χ1v) is 13.4. The molecule has 1 aliphatic carbocycles. The van der Waals surface area contributed by atoms with Gasteiger partial charge in [0, 0.05) is 17.2 Å². The molecule has 2 aromatic rings. The molecular weight excluding hydrogens is 454 g/mol. The van der Waals surface area contributed by atoms with Gasteiger partial charge in [-0.25, -0.2) is 0 Å². The van der Waals surface area contributed by atoms with Crippen molar-refractivity contribution in [3.63, 3.8) is 0 Å². The molecular formula is C30H39NO5. The molecule has 1 saturated carbocycles. The molecule has 0 aromatic heterocycles. The number of esters is 1. The first-order chi connectivity index (χ1) is 17.4. The molecule has 6 nitrogen and oxygen atoms in total. The van der Waals surface area contributed by atoms with Crippen LogP contribution in [0.2, 0.25) is 0 Å². The number of unbranched alkanes of at least 4 members (excludes halogenated alkanes) is 2. The number of hydrogen-bond acceptors (Lipinski definition) is 5. The number of benzene rings is 2. The predicted octanol–water partition coefficient (Wildman–Crippen LogP) is 6.30. The highest BCUT2D eigenvalue weighted by atomic mass is 16.9. The average Bonchev–Trinajstić information content (AvgIpc) is 3.31. The quantitative estimate of drug-likeness (QED) is 0.221. The Morgan fingerprint density at radius 1 is 1.06 bits per heavy atom. The Morgan fingerprint density at radius 2 is 1.69 bits per heavy atom. The van der Waals surface area contributed by atoms with E-state index < -0.39 is 29.2 Å². The van der Waals surface area contributed by atoms with E-state index in [1.807, 2.05) is 19.1 Å². The molecule has 4 atom stereocenters. The van der Waals surface area contributed by atoms with E-state index in [0.717, 1.165) is 44.9 Å². The van der Waals surface area contributed by atoms with Crippen LogP contribution < -0.4 is 0 Å². The average molecular weight is 494 g/mol. The third kappa shape index (κ3) is 5.15. The van der Waals surface area contributed by atoms with Crippen molar-refractivity contribution in [2.45, 2.75) is 96.1 Å². The van der Waals surface area contributed by atoms with Gasteiger partial charge in [-0.15, -0.1) is 0 Å². The number of rotatable bonds is 10. The van der Waals surface area contributed by atoms with E-state index in [1.54, 1.807) is 6.21 Å². The third-order valence-electron chi connectivity index (χ3n) is 8.04. The standard InChI is InChI=1S/C30H39NO5/c1-4-6-13-20-29(5-2)22-31(33)36-28(27(29)34-23(3)32)35-26-19-14-21-30(26,24-15-9-7-10-16-24)25-17-11-8-12-18-25/h7-12,15-18,22,26-28H,4-6,13-14,19-21H2,1-3H3/t26-,27+,28+,29?/m1/s1. The minimum Gasteiger partial charge on any atom is -0.457 e. The summed E-state index contributed by atoms with van der Waals surface area (Å²) < 4.78 is 12.7. The van der Waals surface area contributed by atoms with Crippen molar-refractivity contribution in [2.24, 2.45) is 5.41 Å². The van der Waals surface area contributed by atoms with Crippen molar-refractivity contribution in [3.8, 4) is 0 Å². The number of hydrogen-bond donors (Lipinski definition) is 0. The van der Waals surface area contributed by atoms with Crippen LogP contribution >= 0.6 is 0 Å². The molecule has 1 heterocycles. The van der Waals surface area contributed by atoms with Gasteiger partial charge in [0.1, 0.15) is 0 Å². The summed E-state index contributed by atoms with van der Waals surface area (Å²) in [6.45, 7) is 5.58. The number of carbonyl (C=O) groups excluding carboxylic acids is 1. The molecule has 0 spiro atoms. The summed E-state index contributed by atoms with van der Waals surface area (Å²) >= 11 is 0. The second-order valence-corrected chi connectivity index (χ2v) is 10.2. The summed E-state index contributed by atoms with van der Waals surface area (Å²) in [7, 11) is 0. The molecule has 2 aromatic carbocycles. The largest absolute Gasteiger partial charge is 0.457 e. The van der Waals surface area contributed by atoms with Gasteiger partial charge < -0.3 is 14.3 Å². The van der Waals surface area contributed by atoms with Crippen molar-refractivity contribution in [1.29, 1.82) is 0 Å². The minimum atomic E-state index is -0.993. The van der Waals surface area contributed by atoms with Crippen molar-refractivity contribution < 1.29 is 24.0 Å². The molecule has 0 N–H and O–H groups in total. The fourth-order valence-corrected chi connectivity index (χ4v) is 6.19. The molecule has 36 heavy (non-hydrogen) atoms. The summed E-state index contributed by atoms with van der Waals surface area (Å²) in [5, 5.41) is 12.8. The van der Waals surface area contributed by atoms with Gasteiger partial charge in [-0.1, -0.05) is 93.8 Å². The lowest BCUT2D eigenvalue weighted by molar-refractivity contribution is -0.775. The molecule has 2 aliphatic rings. The van der Waals surface area contributed by atoms with E-state index in [-0.39, 0.29) is 6.10 Å². The van der Waals surface area contributed by atoms with Gasteiger partial charge in [-0.2, -0.15) is 0 Å². The highest BCUT2D eigenvalue weighted by Gasteiger charge is 2.54. The normalized spacial score (nSPS) is 27.2. The van der Waals surface area contributed by atoms with Crippen LogP contribution in [0.25, 0.3) is 0 Å². The number of carbonyl (C=O) groups is 1. The smallest absolute Gasteiger partial charge is 0.303 e. The Bertz CT molecular complexity index is 985. The Hall–Kier alpha value is -2.86. The molecule has 0 bridgehead atoms. The van der Waals surface area contributed by atoms with Crippen LogP contribution in [0.5, 0.6) is 0 Å². The van der Waals surface area contributed by atoms with Crippen molar-refractivity contribution in [3.05, 3.63) is 77.0 Å². The highest BCUT2D eigenvalue weighted by Crippen LogP contribution is 2.49. The maximum absolute atomic E-state index is 12.8. The second kappa shape index (κ2) is 11.5. The topological polar surface area (TPSA) is 70.8 Å². The van der Waals surface area contributed by atoms with Gasteiger partial charge in [0.05, 0.1) is 11.5 Å². The van der Waals surface area contributed by atoms with E-state index in [1.165, 1.54) is 18.1 Å². The van der Waals surface area contributed by atoms with Crippen LogP contribution in [0, 0.1) is 10.6 Å². The lowest BCUT2D eigenvalue weighted by atomic mass is 9.71. The zero-order valence-corrected chi connectivity index (χ0v) is 21.7. The first kappa shape index (κ1) is 26.2. The summed E-state index contributed by atoms with van der Waals surface area (Å²) in [6, 6.07) is 20.8. The summed E-state index contributed by atoms with van der Waals surface area (Å²) in [4.78, 5) is 18.5. The predicted molar refractivity (Wildman–Crippen MR) is 139 cm³/mol. The summed E-state index contributed by atoms with van der Waals surface area (Å²) in [5.74, 6) is -0.401. The van der Waals surface area contributed by atoms with Gasteiger partial charge >= 0.3 is 5.97 Å².